The molecule has 2 heterocycles. The highest BCUT2D eigenvalue weighted by atomic mass is 31.2. The molecule has 1 aromatic heterocycles. The van der Waals surface area contributed by atoms with Crippen LogP contribution in [0.15, 0.2) is 15.8 Å². The molecule has 13 heteroatoms. The number of ether oxygens (including phenoxy) is 2. The smallest absolute Gasteiger partial charge is 0.328 e. The van der Waals surface area contributed by atoms with Crippen molar-refractivity contribution in [3.8, 4) is 6.07 Å². The molecule has 2 rings (SSSR count). The fourth-order valence-electron chi connectivity index (χ4n) is 6.03. The van der Waals surface area contributed by atoms with E-state index in [-0.39, 0.29) is 67.8 Å². The molecule has 1 aliphatic heterocycles. The molecule has 45 heavy (non-hydrogen) atoms. The second-order valence-corrected chi connectivity index (χ2v) is 14.5. The van der Waals surface area contributed by atoms with E-state index in [2.05, 4.69) is 50.3 Å². The lowest BCUT2D eigenvalue weighted by Gasteiger charge is -2.38. The highest BCUT2D eigenvalue weighted by Gasteiger charge is 2.48. The molecule has 1 saturated heterocycles. The summed E-state index contributed by atoms with van der Waals surface area (Å²) in [5, 5.41) is 9.13. The fourth-order valence-corrected chi connectivity index (χ4v) is 7.83. The lowest BCUT2D eigenvalue weighted by Crippen LogP contribution is -2.47. The average Bonchev–Trinajstić information content (AvgIpc) is 3.27. The number of nitrogens with zero attached hydrogens (tertiary/aromatic N) is 3. The molecule has 12 nitrogen and oxygen atoms in total. The number of rotatable bonds is 18. The van der Waals surface area contributed by atoms with Crippen molar-refractivity contribution in [2.75, 3.05) is 13.2 Å². The minimum Gasteiger partial charge on any atom is -0.466 e. The van der Waals surface area contributed by atoms with Crippen molar-refractivity contribution in [2.24, 2.45) is 17.6 Å². The molecule has 0 spiro atoms. The molecule has 0 aliphatic carbocycles. The number of hydrogen-bond donors (Lipinski definition) is 2. The summed E-state index contributed by atoms with van der Waals surface area (Å²) in [4.78, 5) is 40.2. The summed E-state index contributed by atoms with van der Waals surface area (Å²) >= 11 is 0. The zero-order valence-corrected chi connectivity index (χ0v) is 29.8. The number of carbonyl (C=O) groups is 1. The van der Waals surface area contributed by atoms with E-state index in [1.807, 2.05) is 27.7 Å². The number of esters is 1. The number of nitriles is 1. The van der Waals surface area contributed by atoms with E-state index < -0.39 is 31.4 Å². The molecular formula is C32H56N5O7P. The molecule has 0 bridgehead atoms. The maximum atomic E-state index is 13.3. The van der Waals surface area contributed by atoms with Crippen molar-refractivity contribution in [1.82, 2.24) is 14.2 Å². The Labute approximate surface area is 269 Å². The van der Waals surface area contributed by atoms with Crippen LogP contribution >= 0.6 is 8.53 Å². The molecule has 1 aromatic rings. The lowest BCUT2D eigenvalue weighted by atomic mass is 9.83. The monoisotopic (exact) mass is 653 g/mol. The number of H-pyrrole nitrogens is 1. The first kappa shape index (κ1) is 39.1. The minimum atomic E-state index is -1.53. The summed E-state index contributed by atoms with van der Waals surface area (Å²) in [5.41, 5.74) is 5.24. The fraction of sp³-hybridized carbons (Fsp3) is 0.812. The molecule has 0 amide bonds. The summed E-state index contributed by atoms with van der Waals surface area (Å²) in [6.07, 6.45) is 3.26. The first-order chi connectivity index (χ1) is 21.1. The van der Waals surface area contributed by atoms with Crippen LogP contribution in [0.2, 0.25) is 0 Å². The van der Waals surface area contributed by atoms with Gasteiger partial charge in [-0.15, -0.1) is 0 Å². The number of hydrogen-bond acceptors (Lipinski definition) is 10. The van der Waals surface area contributed by atoms with Crippen LogP contribution in [0.4, 0.5) is 0 Å². The summed E-state index contributed by atoms with van der Waals surface area (Å²) in [7, 11) is -1.53. The molecule has 3 N–H and O–H groups in total. The highest BCUT2D eigenvalue weighted by molar-refractivity contribution is 7.44. The standard InChI is InChI=1S/C32H56N5O7P/c1-11-14-27-29(44-45(42-16-13-15-33)37(20(3)4)21(5)6)25(12-2)28(43-27)26-18-36(31(40)35-30(26)39)23(8)17-32(10,34)22(7)19-41-24(9)38/h18,20-23,25,27-29H,11-14,16-17,19,34H2,1-10H3,(H,35,39,40). The Bertz CT molecular complexity index is 1240. The van der Waals surface area contributed by atoms with Crippen molar-refractivity contribution in [3.63, 3.8) is 0 Å². The number of nitrogens with two attached hydrogens (primary N) is 1. The molecule has 1 aliphatic rings. The zero-order chi connectivity index (χ0) is 34.1. The normalized spacial score (nSPS) is 23.6. The van der Waals surface area contributed by atoms with Gasteiger partial charge >= 0.3 is 11.7 Å². The predicted molar refractivity (Wildman–Crippen MR) is 175 cm³/mol. The van der Waals surface area contributed by atoms with Gasteiger partial charge in [0, 0.05) is 48.6 Å². The van der Waals surface area contributed by atoms with E-state index in [1.165, 1.54) is 11.5 Å². The van der Waals surface area contributed by atoms with Crippen molar-refractivity contribution >= 4 is 14.5 Å². The Morgan fingerprint density at radius 2 is 1.87 bits per heavy atom. The van der Waals surface area contributed by atoms with Crippen LogP contribution in [-0.4, -0.2) is 63.2 Å². The van der Waals surface area contributed by atoms with Crippen LogP contribution in [0.5, 0.6) is 0 Å². The first-order valence-electron chi connectivity index (χ1n) is 16.3. The molecule has 0 saturated carbocycles. The Morgan fingerprint density at radius 3 is 2.40 bits per heavy atom. The van der Waals surface area contributed by atoms with E-state index in [0.29, 0.717) is 18.4 Å². The SMILES string of the molecule is CCCC1OC(c2cn(C(C)CC(C)(N)C(C)COC(C)=O)c(=O)[nH]c2=O)C(CC)C1OP(OCCC#N)N(C(C)C)C(C)C. The third-order valence-corrected chi connectivity index (χ3v) is 10.7. The largest absolute Gasteiger partial charge is 0.466 e. The van der Waals surface area contributed by atoms with Crippen molar-refractivity contribution in [2.45, 2.75) is 143 Å². The van der Waals surface area contributed by atoms with Gasteiger partial charge in [0.1, 0.15) is 0 Å². The van der Waals surface area contributed by atoms with Crippen LogP contribution in [0.3, 0.4) is 0 Å². The van der Waals surface area contributed by atoms with Crippen molar-refractivity contribution in [3.05, 3.63) is 32.6 Å². The topological polar surface area (TPSA) is 162 Å². The van der Waals surface area contributed by atoms with Gasteiger partial charge in [0.15, 0.2) is 0 Å². The third-order valence-electron chi connectivity index (χ3n) is 8.59. The van der Waals surface area contributed by atoms with Crippen LogP contribution in [-0.2, 0) is 23.3 Å². The molecule has 8 atom stereocenters. The molecular weight excluding hydrogens is 597 g/mol. The van der Waals surface area contributed by atoms with Gasteiger partial charge in [-0.25, -0.2) is 9.46 Å². The van der Waals surface area contributed by atoms with Crippen LogP contribution in [0, 0.1) is 23.2 Å². The van der Waals surface area contributed by atoms with E-state index in [9.17, 15) is 14.4 Å². The second-order valence-electron chi connectivity index (χ2n) is 13.1. The minimum absolute atomic E-state index is 0.138. The molecule has 0 aromatic carbocycles. The maximum Gasteiger partial charge on any atom is 0.328 e. The van der Waals surface area contributed by atoms with Gasteiger partial charge in [-0.2, -0.15) is 5.26 Å². The van der Waals surface area contributed by atoms with E-state index >= 15 is 0 Å². The van der Waals surface area contributed by atoms with Crippen molar-refractivity contribution < 1.29 is 23.3 Å². The van der Waals surface area contributed by atoms with Gasteiger partial charge in [0.05, 0.1) is 49.6 Å². The third kappa shape index (κ3) is 10.4. The average molecular weight is 654 g/mol. The summed E-state index contributed by atoms with van der Waals surface area (Å²) in [5.74, 6) is -0.725. The van der Waals surface area contributed by atoms with E-state index in [1.54, 1.807) is 6.20 Å². The van der Waals surface area contributed by atoms with E-state index in [4.69, 9.17) is 29.5 Å². The van der Waals surface area contributed by atoms with Gasteiger partial charge < -0.3 is 24.3 Å². The molecule has 256 valence electrons. The lowest BCUT2D eigenvalue weighted by molar-refractivity contribution is -0.142. The molecule has 1 fully saturated rings. The van der Waals surface area contributed by atoms with Crippen LogP contribution in [0.25, 0.3) is 0 Å². The van der Waals surface area contributed by atoms with E-state index in [0.717, 1.165) is 12.8 Å². The van der Waals surface area contributed by atoms with Crippen molar-refractivity contribution in [1.29, 1.82) is 5.26 Å². The highest BCUT2D eigenvalue weighted by Crippen LogP contribution is 2.53. The first-order valence-corrected chi connectivity index (χ1v) is 17.4. The number of carbonyl (C=O) groups excluding carboxylic acids is 1. The Hall–Kier alpha value is -2.13. The quantitative estimate of drug-likeness (QED) is 0.120. The summed E-state index contributed by atoms with van der Waals surface area (Å²) < 4.78 is 28.6. The van der Waals surface area contributed by atoms with Crippen LogP contribution < -0.4 is 17.0 Å². The maximum absolute atomic E-state index is 13.3. The zero-order valence-electron chi connectivity index (χ0n) is 28.9. The van der Waals surface area contributed by atoms with Crippen LogP contribution in [0.1, 0.15) is 119 Å². The predicted octanol–water partition coefficient (Wildman–Crippen LogP) is 5.33. The molecule has 8 unspecified atom stereocenters. The molecule has 0 radical (unpaired) electrons. The number of nitrogens with one attached hydrogen (secondary N) is 1. The summed E-state index contributed by atoms with van der Waals surface area (Å²) in [6, 6.07) is 2.05. The Balaban J connectivity index is 2.47. The number of aromatic nitrogens is 2. The van der Waals surface area contributed by atoms with Gasteiger partial charge in [0.25, 0.3) is 14.1 Å². The summed E-state index contributed by atoms with van der Waals surface area (Å²) in [6.45, 7) is 19.9. The number of aromatic amines is 1. The Morgan fingerprint density at radius 1 is 1.22 bits per heavy atom. The van der Waals surface area contributed by atoms with Gasteiger partial charge in [0.2, 0.25) is 0 Å². The second kappa shape index (κ2) is 17.7. The van der Waals surface area contributed by atoms with Gasteiger partial charge in [-0.1, -0.05) is 27.2 Å². The van der Waals surface area contributed by atoms with Gasteiger partial charge in [-0.05, 0) is 60.8 Å². The van der Waals surface area contributed by atoms with Gasteiger partial charge in [-0.3, -0.25) is 19.1 Å². The Kier molecular flexibility index (Phi) is 15.4.